The van der Waals surface area contributed by atoms with Crippen molar-refractivity contribution < 1.29 is 4.74 Å². The molecule has 0 aliphatic carbocycles. The van der Waals surface area contributed by atoms with E-state index in [0.29, 0.717) is 5.13 Å². The molecule has 1 aromatic heterocycles. The zero-order valence-electron chi connectivity index (χ0n) is 9.34. The van der Waals surface area contributed by atoms with Crippen LogP contribution >= 0.6 is 23.1 Å². The third kappa shape index (κ3) is 3.04. The maximum atomic E-state index is 5.89. The number of aromatic nitrogens is 1. The summed E-state index contributed by atoms with van der Waals surface area (Å²) >= 11 is 3.08. The van der Waals surface area contributed by atoms with Gasteiger partial charge < -0.3 is 16.2 Å². The van der Waals surface area contributed by atoms with Crippen molar-refractivity contribution in [3.8, 4) is 5.75 Å². The predicted molar refractivity (Wildman–Crippen MR) is 73.5 cm³/mol. The molecule has 0 amide bonds. The second-order valence-corrected chi connectivity index (χ2v) is 5.28. The van der Waals surface area contributed by atoms with Crippen molar-refractivity contribution in [2.75, 3.05) is 18.6 Å². The van der Waals surface area contributed by atoms with Crippen LogP contribution in [0.1, 0.15) is 5.69 Å². The molecule has 1 heterocycles. The summed E-state index contributed by atoms with van der Waals surface area (Å²) in [7, 11) is 1.64. The van der Waals surface area contributed by atoms with Crippen LogP contribution in [0.2, 0.25) is 0 Å². The number of rotatable bonds is 4. The van der Waals surface area contributed by atoms with Gasteiger partial charge in [0.15, 0.2) is 5.13 Å². The lowest BCUT2D eigenvalue weighted by Gasteiger charge is -2.06. The zero-order chi connectivity index (χ0) is 12.3. The van der Waals surface area contributed by atoms with Crippen LogP contribution in [0.15, 0.2) is 28.5 Å². The Bertz CT molecular complexity index is 513. The first-order valence-electron chi connectivity index (χ1n) is 4.95. The average molecular weight is 267 g/mol. The Kier molecular flexibility index (Phi) is 3.75. The summed E-state index contributed by atoms with van der Waals surface area (Å²) in [6.07, 6.45) is 0. The maximum absolute atomic E-state index is 5.89. The second-order valence-electron chi connectivity index (χ2n) is 3.37. The van der Waals surface area contributed by atoms with Gasteiger partial charge in [-0.05, 0) is 18.2 Å². The smallest absolute Gasteiger partial charge is 0.180 e. The summed E-state index contributed by atoms with van der Waals surface area (Å²) in [6, 6.07) is 5.62. The number of nitrogen functional groups attached to an aromatic ring is 2. The van der Waals surface area contributed by atoms with Crippen molar-refractivity contribution in [3.63, 3.8) is 0 Å². The van der Waals surface area contributed by atoms with E-state index in [4.69, 9.17) is 16.2 Å². The molecule has 0 unspecified atom stereocenters. The highest BCUT2D eigenvalue weighted by atomic mass is 32.2. The van der Waals surface area contributed by atoms with Gasteiger partial charge in [-0.3, -0.25) is 0 Å². The van der Waals surface area contributed by atoms with E-state index in [2.05, 4.69) is 4.98 Å². The van der Waals surface area contributed by atoms with E-state index >= 15 is 0 Å². The SMILES string of the molecule is COc1ccc(N)c(SCc2csc(N)n2)c1. The zero-order valence-corrected chi connectivity index (χ0v) is 11.0. The highest BCUT2D eigenvalue weighted by molar-refractivity contribution is 7.98. The molecule has 0 atom stereocenters. The first kappa shape index (κ1) is 12.1. The molecule has 0 spiro atoms. The number of hydrogen-bond acceptors (Lipinski definition) is 6. The van der Waals surface area contributed by atoms with Crippen LogP contribution in [0.3, 0.4) is 0 Å². The maximum Gasteiger partial charge on any atom is 0.180 e. The molecule has 0 aliphatic rings. The molecule has 0 saturated carbocycles. The third-order valence-electron chi connectivity index (χ3n) is 2.17. The topological polar surface area (TPSA) is 74.2 Å². The molecule has 17 heavy (non-hydrogen) atoms. The Morgan fingerprint density at radius 2 is 2.24 bits per heavy atom. The van der Waals surface area contributed by atoms with Crippen LogP contribution in [-0.4, -0.2) is 12.1 Å². The molecule has 2 rings (SSSR count). The minimum atomic E-state index is 0.596. The van der Waals surface area contributed by atoms with E-state index in [1.54, 1.807) is 18.9 Å². The van der Waals surface area contributed by atoms with Crippen molar-refractivity contribution in [3.05, 3.63) is 29.3 Å². The molecule has 0 fully saturated rings. The number of nitrogens with zero attached hydrogens (tertiary/aromatic N) is 1. The van der Waals surface area contributed by atoms with E-state index in [1.165, 1.54) is 11.3 Å². The molecular formula is C11H13N3OS2. The fourth-order valence-electron chi connectivity index (χ4n) is 1.31. The van der Waals surface area contributed by atoms with Gasteiger partial charge >= 0.3 is 0 Å². The normalized spacial score (nSPS) is 10.4. The molecule has 0 bridgehead atoms. The van der Waals surface area contributed by atoms with Gasteiger partial charge in [0, 0.05) is 21.7 Å². The van der Waals surface area contributed by atoms with Crippen LogP contribution in [0, 0.1) is 0 Å². The minimum absolute atomic E-state index is 0.596. The Balaban J connectivity index is 2.07. The van der Waals surface area contributed by atoms with Crippen LogP contribution in [-0.2, 0) is 5.75 Å². The molecule has 1 aromatic carbocycles. The van der Waals surface area contributed by atoms with Crippen LogP contribution < -0.4 is 16.2 Å². The lowest BCUT2D eigenvalue weighted by Crippen LogP contribution is -1.91. The number of hydrogen-bond donors (Lipinski definition) is 2. The van der Waals surface area contributed by atoms with Gasteiger partial charge in [-0.2, -0.15) is 0 Å². The number of thiazole rings is 1. The first-order valence-corrected chi connectivity index (χ1v) is 6.82. The highest BCUT2D eigenvalue weighted by Gasteiger charge is 2.05. The molecule has 0 aliphatic heterocycles. The highest BCUT2D eigenvalue weighted by Crippen LogP contribution is 2.31. The summed E-state index contributed by atoms with van der Waals surface area (Å²) in [5.41, 5.74) is 13.2. The largest absolute Gasteiger partial charge is 0.497 e. The van der Waals surface area contributed by atoms with Gasteiger partial charge in [0.05, 0.1) is 12.8 Å². The van der Waals surface area contributed by atoms with Crippen LogP contribution in [0.5, 0.6) is 5.75 Å². The fraction of sp³-hybridized carbons (Fsp3) is 0.182. The van der Waals surface area contributed by atoms with Crippen LogP contribution in [0.25, 0.3) is 0 Å². The standard InChI is InChI=1S/C11H13N3OS2/c1-15-8-2-3-9(12)10(4-8)16-5-7-6-17-11(13)14-7/h2-4,6H,5,12H2,1H3,(H2,13,14). The van der Waals surface area contributed by atoms with E-state index in [0.717, 1.165) is 27.8 Å². The molecular weight excluding hydrogens is 254 g/mol. The Labute approximate surface area is 108 Å². The second kappa shape index (κ2) is 5.29. The summed E-state index contributed by atoms with van der Waals surface area (Å²) in [5.74, 6) is 1.56. The number of methoxy groups -OCH3 is 1. The first-order chi connectivity index (χ1) is 8.19. The Hall–Kier alpha value is -1.40. The van der Waals surface area contributed by atoms with Gasteiger partial charge in [0.25, 0.3) is 0 Å². The molecule has 4 N–H and O–H groups in total. The number of benzene rings is 1. The third-order valence-corrected chi connectivity index (χ3v) is 3.99. The van der Waals surface area contributed by atoms with Gasteiger partial charge in [0.1, 0.15) is 5.75 Å². The Morgan fingerprint density at radius 3 is 2.88 bits per heavy atom. The molecule has 2 aromatic rings. The van der Waals surface area contributed by atoms with Crippen molar-refractivity contribution in [2.45, 2.75) is 10.6 Å². The van der Waals surface area contributed by atoms with Gasteiger partial charge in [-0.1, -0.05) is 0 Å². The molecule has 6 heteroatoms. The number of thioether (sulfide) groups is 1. The van der Waals surface area contributed by atoms with Crippen LogP contribution in [0.4, 0.5) is 10.8 Å². The van der Waals surface area contributed by atoms with Crippen molar-refractivity contribution in [1.29, 1.82) is 0 Å². The Morgan fingerprint density at radius 1 is 1.41 bits per heavy atom. The summed E-state index contributed by atoms with van der Waals surface area (Å²) in [5, 5.41) is 2.55. The molecule has 4 nitrogen and oxygen atoms in total. The van der Waals surface area contributed by atoms with Gasteiger partial charge in [0.2, 0.25) is 0 Å². The summed E-state index contributed by atoms with van der Waals surface area (Å²) in [4.78, 5) is 5.20. The minimum Gasteiger partial charge on any atom is -0.497 e. The van der Waals surface area contributed by atoms with E-state index in [-0.39, 0.29) is 0 Å². The van der Waals surface area contributed by atoms with Gasteiger partial charge in [-0.15, -0.1) is 23.1 Å². The molecule has 90 valence electrons. The average Bonchev–Trinajstić information content (AvgIpc) is 2.74. The summed E-state index contributed by atoms with van der Waals surface area (Å²) < 4.78 is 5.16. The lowest BCUT2D eigenvalue weighted by molar-refractivity contribution is 0.414. The number of anilines is 2. The quantitative estimate of drug-likeness (QED) is 0.658. The van der Waals surface area contributed by atoms with Gasteiger partial charge in [-0.25, -0.2) is 4.98 Å². The number of nitrogens with two attached hydrogens (primary N) is 2. The monoisotopic (exact) mass is 267 g/mol. The molecule has 0 saturated heterocycles. The van der Waals surface area contributed by atoms with E-state index in [9.17, 15) is 0 Å². The van der Waals surface area contributed by atoms with E-state index < -0.39 is 0 Å². The lowest BCUT2D eigenvalue weighted by atomic mass is 10.3. The van der Waals surface area contributed by atoms with Crippen molar-refractivity contribution >= 4 is 33.9 Å². The van der Waals surface area contributed by atoms with E-state index in [1.807, 2.05) is 23.6 Å². The number of ether oxygens (including phenoxy) is 1. The van der Waals surface area contributed by atoms with Crippen molar-refractivity contribution in [2.24, 2.45) is 0 Å². The molecule has 0 radical (unpaired) electrons. The van der Waals surface area contributed by atoms with Crippen molar-refractivity contribution in [1.82, 2.24) is 4.98 Å². The predicted octanol–water partition coefficient (Wildman–Crippen LogP) is 2.61. The fourth-order valence-corrected chi connectivity index (χ4v) is 2.86. The summed E-state index contributed by atoms with van der Waals surface area (Å²) in [6.45, 7) is 0.